The Bertz CT molecular complexity index is 786. The van der Waals surface area contributed by atoms with Crippen LogP contribution in [0.25, 0.3) is 0 Å². The maximum atomic E-state index is 12.1. The average Bonchev–Trinajstić information content (AvgIpc) is 2.66. The fourth-order valence-electron chi connectivity index (χ4n) is 2.25. The molecular formula is C20H23NO6. The molecule has 0 saturated heterocycles. The molecule has 1 amide bonds. The lowest BCUT2D eigenvalue weighted by Gasteiger charge is -2.12. The van der Waals surface area contributed by atoms with E-state index in [1.807, 2.05) is 13.8 Å². The number of methoxy groups -OCH3 is 2. The van der Waals surface area contributed by atoms with Crippen molar-refractivity contribution in [2.75, 3.05) is 26.1 Å². The Morgan fingerprint density at radius 3 is 2.22 bits per heavy atom. The third-order valence-corrected chi connectivity index (χ3v) is 3.48. The van der Waals surface area contributed by atoms with Gasteiger partial charge in [0, 0.05) is 6.07 Å². The van der Waals surface area contributed by atoms with E-state index < -0.39 is 18.5 Å². The fraction of sp³-hybridized carbons (Fsp3) is 0.300. The predicted molar refractivity (Wildman–Crippen MR) is 101 cm³/mol. The van der Waals surface area contributed by atoms with E-state index in [9.17, 15) is 9.59 Å². The molecule has 2 rings (SSSR count). The van der Waals surface area contributed by atoms with Crippen LogP contribution in [-0.2, 0) is 9.53 Å². The summed E-state index contributed by atoms with van der Waals surface area (Å²) in [5, 5.41) is 2.63. The van der Waals surface area contributed by atoms with E-state index in [0.717, 1.165) is 0 Å². The molecule has 0 aliphatic carbocycles. The minimum Gasteiger partial charge on any atom is -0.497 e. The molecule has 0 atom stereocenters. The highest BCUT2D eigenvalue weighted by Gasteiger charge is 2.13. The van der Waals surface area contributed by atoms with Gasteiger partial charge in [-0.3, -0.25) is 4.79 Å². The lowest BCUT2D eigenvalue weighted by atomic mass is 10.2. The van der Waals surface area contributed by atoms with Gasteiger partial charge in [-0.25, -0.2) is 4.79 Å². The zero-order chi connectivity index (χ0) is 19.8. The summed E-state index contributed by atoms with van der Waals surface area (Å²) in [7, 11) is 3.01. The number of carbonyl (C=O) groups is 2. The summed E-state index contributed by atoms with van der Waals surface area (Å²) >= 11 is 0. The van der Waals surface area contributed by atoms with Crippen molar-refractivity contribution in [3.63, 3.8) is 0 Å². The molecule has 7 heteroatoms. The third kappa shape index (κ3) is 5.91. The second-order valence-corrected chi connectivity index (χ2v) is 5.88. The molecule has 0 heterocycles. The van der Waals surface area contributed by atoms with Crippen LogP contribution in [0.5, 0.6) is 17.2 Å². The zero-order valence-corrected chi connectivity index (χ0v) is 15.8. The number of benzene rings is 2. The molecule has 27 heavy (non-hydrogen) atoms. The molecular weight excluding hydrogens is 350 g/mol. The number of amides is 1. The Morgan fingerprint density at radius 2 is 1.63 bits per heavy atom. The lowest BCUT2D eigenvalue weighted by Crippen LogP contribution is -2.21. The highest BCUT2D eigenvalue weighted by molar-refractivity contribution is 5.96. The maximum Gasteiger partial charge on any atom is 0.338 e. The van der Waals surface area contributed by atoms with Gasteiger partial charge in [0.15, 0.2) is 6.61 Å². The fourth-order valence-corrected chi connectivity index (χ4v) is 2.25. The molecule has 2 aromatic rings. The minimum absolute atomic E-state index is 0.0418. The van der Waals surface area contributed by atoms with Crippen LogP contribution in [0.2, 0.25) is 0 Å². The van der Waals surface area contributed by atoms with Gasteiger partial charge in [-0.15, -0.1) is 0 Å². The molecule has 0 bridgehead atoms. The first-order chi connectivity index (χ1) is 12.9. The zero-order valence-electron chi connectivity index (χ0n) is 15.8. The number of hydrogen-bond acceptors (Lipinski definition) is 6. The van der Waals surface area contributed by atoms with Gasteiger partial charge < -0.3 is 24.3 Å². The number of carbonyl (C=O) groups excluding carboxylic acids is 2. The van der Waals surface area contributed by atoms with E-state index in [1.165, 1.54) is 14.2 Å². The Labute approximate surface area is 158 Å². The summed E-state index contributed by atoms with van der Waals surface area (Å²) in [6.07, 6.45) is 0.0418. The molecule has 0 spiro atoms. The van der Waals surface area contributed by atoms with Gasteiger partial charge in [0.05, 0.1) is 31.6 Å². The number of anilines is 1. The number of esters is 1. The number of nitrogens with one attached hydrogen (secondary N) is 1. The summed E-state index contributed by atoms with van der Waals surface area (Å²) in [6.45, 7) is 3.40. The monoisotopic (exact) mass is 373 g/mol. The van der Waals surface area contributed by atoms with Crippen LogP contribution < -0.4 is 19.5 Å². The Kier molecular flexibility index (Phi) is 7.05. The van der Waals surface area contributed by atoms with Crippen molar-refractivity contribution < 1.29 is 28.5 Å². The summed E-state index contributed by atoms with van der Waals surface area (Å²) < 4.78 is 20.9. The minimum atomic E-state index is -0.598. The summed E-state index contributed by atoms with van der Waals surface area (Å²) in [5.74, 6) is 0.598. The summed E-state index contributed by atoms with van der Waals surface area (Å²) in [4.78, 5) is 24.2. The van der Waals surface area contributed by atoms with Crippen LogP contribution in [0, 0.1) is 0 Å². The standard InChI is InChI=1S/C20H23NO6/c1-13(2)27-15-7-5-14(6-8-15)20(23)26-12-19(22)21-17-11-16(24-3)9-10-18(17)25-4/h5-11,13H,12H2,1-4H3,(H,21,22). The number of hydrogen-bond donors (Lipinski definition) is 1. The third-order valence-electron chi connectivity index (χ3n) is 3.48. The summed E-state index contributed by atoms with van der Waals surface area (Å²) in [6, 6.07) is 11.5. The van der Waals surface area contributed by atoms with E-state index in [1.54, 1.807) is 42.5 Å². The Hall–Kier alpha value is -3.22. The molecule has 0 radical (unpaired) electrons. The van der Waals surface area contributed by atoms with Crippen LogP contribution >= 0.6 is 0 Å². The largest absolute Gasteiger partial charge is 0.497 e. The van der Waals surface area contributed by atoms with E-state index >= 15 is 0 Å². The lowest BCUT2D eigenvalue weighted by molar-refractivity contribution is -0.119. The second kappa shape index (κ2) is 9.47. The Morgan fingerprint density at radius 1 is 0.963 bits per heavy atom. The van der Waals surface area contributed by atoms with Crippen LogP contribution in [0.1, 0.15) is 24.2 Å². The van der Waals surface area contributed by atoms with Crippen LogP contribution in [0.15, 0.2) is 42.5 Å². The van der Waals surface area contributed by atoms with Crippen molar-refractivity contribution in [3.8, 4) is 17.2 Å². The maximum absolute atomic E-state index is 12.1. The predicted octanol–water partition coefficient (Wildman–Crippen LogP) is 3.29. The molecule has 0 aromatic heterocycles. The Balaban J connectivity index is 1.92. The molecule has 2 aromatic carbocycles. The molecule has 0 aliphatic rings. The topological polar surface area (TPSA) is 83.1 Å². The highest BCUT2D eigenvalue weighted by Crippen LogP contribution is 2.28. The van der Waals surface area contributed by atoms with E-state index in [4.69, 9.17) is 18.9 Å². The molecule has 1 N–H and O–H groups in total. The van der Waals surface area contributed by atoms with Gasteiger partial charge in [0.1, 0.15) is 17.2 Å². The molecule has 144 valence electrons. The van der Waals surface area contributed by atoms with Crippen molar-refractivity contribution in [1.29, 1.82) is 0 Å². The number of rotatable bonds is 8. The van der Waals surface area contributed by atoms with Crippen molar-refractivity contribution >= 4 is 17.6 Å². The second-order valence-electron chi connectivity index (χ2n) is 5.88. The number of ether oxygens (including phenoxy) is 4. The van der Waals surface area contributed by atoms with Gasteiger partial charge in [-0.2, -0.15) is 0 Å². The van der Waals surface area contributed by atoms with E-state index in [0.29, 0.717) is 28.5 Å². The highest BCUT2D eigenvalue weighted by atomic mass is 16.5. The van der Waals surface area contributed by atoms with E-state index in [-0.39, 0.29) is 6.10 Å². The van der Waals surface area contributed by atoms with Crippen molar-refractivity contribution in [3.05, 3.63) is 48.0 Å². The van der Waals surface area contributed by atoms with Gasteiger partial charge in [0.2, 0.25) is 0 Å². The molecule has 0 unspecified atom stereocenters. The first kappa shape index (κ1) is 20.1. The van der Waals surface area contributed by atoms with Gasteiger partial charge >= 0.3 is 5.97 Å². The van der Waals surface area contributed by atoms with Crippen LogP contribution in [0.3, 0.4) is 0 Å². The van der Waals surface area contributed by atoms with Crippen molar-refractivity contribution in [2.24, 2.45) is 0 Å². The van der Waals surface area contributed by atoms with Crippen LogP contribution in [-0.4, -0.2) is 38.8 Å². The SMILES string of the molecule is COc1ccc(OC)c(NC(=O)COC(=O)c2ccc(OC(C)C)cc2)c1. The molecule has 7 nitrogen and oxygen atoms in total. The molecule has 0 aliphatic heterocycles. The van der Waals surface area contributed by atoms with Crippen LogP contribution in [0.4, 0.5) is 5.69 Å². The quantitative estimate of drug-likeness (QED) is 0.715. The van der Waals surface area contributed by atoms with Gasteiger partial charge in [0.25, 0.3) is 5.91 Å². The molecule has 0 saturated carbocycles. The summed E-state index contributed by atoms with van der Waals surface area (Å²) in [5.41, 5.74) is 0.756. The molecule has 0 fully saturated rings. The smallest absolute Gasteiger partial charge is 0.338 e. The first-order valence-electron chi connectivity index (χ1n) is 8.38. The van der Waals surface area contributed by atoms with Crippen molar-refractivity contribution in [1.82, 2.24) is 0 Å². The normalized spacial score (nSPS) is 10.3. The van der Waals surface area contributed by atoms with Crippen molar-refractivity contribution in [2.45, 2.75) is 20.0 Å². The van der Waals surface area contributed by atoms with E-state index in [2.05, 4.69) is 5.32 Å². The first-order valence-corrected chi connectivity index (χ1v) is 8.38. The average molecular weight is 373 g/mol. The van der Waals surface area contributed by atoms with Gasteiger partial charge in [-0.1, -0.05) is 0 Å². The van der Waals surface area contributed by atoms with Gasteiger partial charge in [-0.05, 0) is 50.2 Å².